The van der Waals surface area contributed by atoms with Gasteiger partial charge >= 0.3 is 0 Å². The molecule has 0 spiro atoms. The maximum atomic E-state index is 12.1. The van der Waals surface area contributed by atoms with Crippen LogP contribution in [0.5, 0.6) is 0 Å². The van der Waals surface area contributed by atoms with E-state index in [0.717, 1.165) is 5.56 Å². The van der Waals surface area contributed by atoms with Crippen LogP contribution in [0.15, 0.2) is 33.6 Å². The number of benzene rings is 1. The quantitative estimate of drug-likeness (QED) is 0.836. The molecule has 2 aromatic rings. The Hall–Kier alpha value is -1.47. The third kappa shape index (κ3) is 2.68. The van der Waals surface area contributed by atoms with Crippen LogP contribution in [0.25, 0.3) is 0 Å². The average molecular weight is 283 g/mol. The Morgan fingerprint density at radius 3 is 2.33 bits per heavy atom. The SMILES string of the molecule is Cc1ccc(S(=O)(=O)/N=c2\sn(C)nc2C)cc1. The highest BCUT2D eigenvalue weighted by Gasteiger charge is 2.13. The fraction of sp³-hybridized carbons (Fsp3) is 0.273. The molecule has 1 aromatic carbocycles. The predicted octanol–water partition coefficient (Wildman–Crippen LogP) is 1.39. The molecule has 1 heterocycles. The smallest absolute Gasteiger partial charge is 0.220 e. The minimum Gasteiger partial charge on any atom is -0.220 e. The number of nitrogens with zero attached hydrogens (tertiary/aromatic N) is 3. The lowest BCUT2D eigenvalue weighted by Crippen LogP contribution is -2.06. The average Bonchev–Trinajstić information content (AvgIpc) is 2.57. The molecule has 0 aliphatic heterocycles. The molecule has 0 aliphatic rings. The molecular formula is C11H13N3O2S2. The molecule has 2 rings (SSSR count). The van der Waals surface area contributed by atoms with Crippen molar-refractivity contribution < 1.29 is 8.42 Å². The predicted molar refractivity (Wildman–Crippen MR) is 69.7 cm³/mol. The molecule has 0 amide bonds. The van der Waals surface area contributed by atoms with Crippen molar-refractivity contribution >= 4 is 21.6 Å². The molecule has 0 atom stereocenters. The third-order valence-corrected chi connectivity index (χ3v) is 4.65. The van der Waals surface area contributed by atoms with Gasteiger partial charge in [0.15, 0.2) is 4.67 Å². The molecule has 0 saturated heterocycles. The standard InChI is InChI=1S/C11H13N3O2S2/c1-8-4-6-10(7-5-8)18(15,16)13-11-9(2)12-14(3)17-11/h4-7H,1-3H3/b13-11-. The molecule has 0 radical (unpaired) electrons. The summed E-state index contributed by atoms with van der Waals surface area (Å²) in [7, 11) is -1.91. The van der Waals surface area contributed by atoms with Crippen LogP contribution >= 0.6 is 11.5 Å². The maximum Gasteiger partial charge on any atom is 0.283 e. The van der Waals surface area contributed by atoms with Gasteiger partial charge in [-0.25, -0.2) is 4.07 Å². The van der Waals surface area contributed by atoms with Gasteiger partial charge in [0, 0.05) is 7.05 Å². The molecular weight excluding hydrogens is 270 g/mol. The first kappa shape index (κ1) is 13.0. The van der Waals surface area contributed by atoms with Crippen LogP contribution in [-0.4, -0.2) is 17.6 Å². The molecule has 0 N–H and O–H groups in total. The fourth-order valence-corrected chi connectivity index (χ4v) is 3.37. The Kier molecular flexibility index (Phi) is 3.36. The van der Waals surface area contributed by atoms with Crippen molar-refractivity contribution in [1.29, 1.82) is 0 Å². The van der Waals surface area contributed by atoms with Crippen LogP contribution in [0, 0.1) is 13.8 Å². The molecule has 1 aromatic heterocycles. The van der Waals surface area contributed by atoms with Gasteiger partial charge in [-0.05, 0) is 37.5 Å². The highest BCUT2D eigenvalue weighted by molar-refractivity contribution is 7.90. The zero-order valence-electron chi connectivity index (χ0n) is 10.3. The van der Waals surface area contributed by atoms with Crippen molar-refractivity contribution in [2.45, 2.75) is 18.7 Å². The van der Waals surface area contributed by atoms with Crippen molar-refractivity contribution in [3.63, 3.8) is 0 Å². The monoisotopic (exact) mass is 283 g/mol. The van der Waals surface area contributed by atoms with E-state index in [0.29, 0.717) is 10.4 Å². The first-order valence-corrected chi connectivity index (χ1v) is 7.49. The van der Waals surface area contributed by atoms with E-state index >= 15 is 0 Å². The molecule has 0 aliphatic carbocycles. The van der Waals surface area contributed by atoms with Crippen LogP contribution in [0.3, 0.4) is 0 Å². The second kappa shape index (κ2) is 4.66. The van der Waals surface area contributed by atoms with Gasteiger partial charge in [-0.15, -0.1) is 4.40 Å². The van der Waals surface area contributed by atoms with Crippen LogP contribution in [0.2, 0.25) is 0 Å². The number of hydrogen-bond acceptors (Lipinski definition) is 4. The van der Waals surface area contributed by atoms with Gasteiger partial charge < -0.3 is 0 Å². The maximum absolute atomic E-state index is 12.1. The minimum atomic E-state index is -3.66. The van der Waals surface area contributed by atoms with Gasteiger partial charge in [0.05, 0.1) is 10.6 Å². The second-order valence-corrected chi connectivity index (χ2v) is 6.63. The molecule has 7 heteroatoms. The van der Waals surface area contributed by atoms with E-state index in [4.69, 9.17) is 0 Å². The molecule has 5 nitrogen and oxygen atoms in total. The van der Waals surface area contributed by atoms with Crippen LogP contribution in [0.1, 0.15) is 11.3 Å². The van der Waals surface area contributed by atoms with E-state index in [1.165, 1.54) is 11.5 Å². The molecule has 0 saturated carbocycles. The van der Waals surface area contributed by atoms with Crippen molar-refractivity contribution in [1.82, 2.24) is 9.17 Å². The summed E-state index contributed by atoms with van der Waals surface area (Å²) in [6, 6.07) is 6.62. The number of sulfonamides is 1. The molecule has 0 unspecified atom stereocenters. The molecule has 96 valence electrons. The summed E-state index contributed by atoms with van der Waals surface area (Å²) < 4.78 is 30.0. The lowest BCUT2D eigenvalue weighted by Gasteiger charge is -1.98. The molecule has 0 bridgehead atoms. The highest BCUT2D eigenvalue weighted by atomic mass is 32.2. The van der Waals surface area contributed by atoms with E-state index in [2.05, 4.69) is 9.50 Å². The summed E-state index contributed by atoms with van der Waals surface area (Å²) >= 11 is 1.20. The first-order chi connectivity index (χ1) is 8.38. The van der Waals surface area contributed by atoms with E-state index in [-0.39, 0.29) is 4.90 Å². The lowest BCUT2D eigenvalue weighted by molar-refractivity contribution is 0.597. The minimum absolute atomic E-state index is 0.198. The summed E-state index contributed by atoms with van der Waals surface area (Å²) in [5, 5.41) is 4.08. The van der Waals surface area contributed by atoms with E-state index in [9.17, 15) is 8.42 Å². The summed E-state index contributed by atoms with van der Waals surface area (Å²) in [4.78, 5) is 0.198. The van der Waals surface area contributed by atoms with Crippen LogP contribution in [0.4, 0.5) is 0 Å². The van der Waals surface area contributed by atoms with Gasteiger partial charge in [0.2, 0.25) is 0 Å². The second-order valence-electron chi connectivity index (χ2n) is 3.93. The number of rotatable bonds is 2. The Morgan fingerprint density at radius 1 is 1.22 bits per heavy atom. The van der Waals surface area contributed by atoms with Crippen molar-refractivity contribution in [3.8, 4) is 0 Å². The zero-order valence-corrected chi connectivity index (χ0v) is 11.9. The van der Waals surface area contributed by atoms with E-state index in [1.54, 1.807) is 42.3 Å². The largest absolute Gasteiger partial charge is 0.283 e. The van der Waals surface area contributed by atoms with Gasteiger partial charge in [0.25, 0.3) is 10.0 Å². The first-order valence-electron chi connectivity index (χ1n) is 5.27. The van der Waals surface area contributed by atoms with Crippen molar-refractivity contribution in [2.24, 2.45) is 11.4 Å². The van der Waals surface area contributed by atoms with Crippen LogP contribution in [-0.2, 0) is 17.1 Å². The Morgan fingerprint density at radius 2 is 1.83 bits per heavy atom. The molecule has 18 heavy (non-hydrogen) atoms. The Labute approximate surface area is 110 Å². The fourth-order valence-electron chi connectivity index (χ4n) is 1.42. The normalized spacial score (nSPS) is 12.9. The van der Waals surface area contributed by atoms with E-state index < -0.39 is 10.0 Å². The Balaban J connectivity index is 2.54. The van der Waals surface area contributed by atoms with Gasteiger partial charge in [-0.2, -0.15) is 13.5 Å². The van der Waals surface area contributed by atoms with Gasteiger partial charge in [-0.1, -0.05) is 17.7 Å². The van der Waals surface area contributed by atoms with Crippen LogP contribution < -0.4 is 4.67 Å². The number of aromatic nitrogens is 2. The number of hydrogen-bond donors (Lipinski definition) is 0. The summed E-state index contributed by atoms with van der Waals surface area (Å²) in [6.45, 7) is 3.64. The third-order valence-electron chi connectivity index (χ3n) is 2.34. The summed E-state index contributed by atoms with van der Waals surface area (Å²) in [5.41, 5.74) is 1.62. The summed E-state index contributed by atoms with van der Waals surface area (Å²) in [6.07, 6.45) is 0. The van der Waals surface area contributed by atoms with Crippen molar-refractivity contribution in [3.05, 3.63) is 40.2 Å². The Bertz CT molecular complexity index is 724. The van der Waals surface area contributed by atoms with Gasteiger partial charge in [0.1, 0.15) is 0 Å². The van der Waals surface area contributed by atoms with Crippen molar-refractivity contribution in [2.75, 3.05) is 0 Å². The molecule has 0 fully saturated rings. The highest BCUT2D eigenvalue weighted by Crippen LogP contribution is 2.12. The zero-order chi connectivity index (χ0) is 13.3. The topological polar surface area (TPSA) is 64.3 Å². The summed E-state index contributed by atoms with van der Waals surface area (Å²) in [5.74, 6) is 0. The number of aryl methyl sites for hydroxylation is 3. The van der Waals surface area contributed by atoms with Gasteiger partial charge in [-0.3, -0.25) is 0 Å². The lowest BCUT2D eigenvalue weighted by atomic mass is 10.2. The van der Waals surface area contributed by atoms with E-state index in [1.807, 2.05) is 6.92 Å².